The van der Waals surface area contributed by atoms with Crippen molar-refractivity contribution in [3.8, 4) is 11.3 Å². The van der Waals surface area contributed by atoms with Crippen LogP contribution in [0.4, 0.5) is 0 Å². The topological polar surface area (TPSA) is 39.4 Å². The molecule has 1 aromatic heterocycles. The second-order valence-electron chi connectivity index (χ2n) is 4.53. The number of esters is 1. The molecule has 21 heavy (non-hydrogen) atoms. The molecule has 0 aliphatic heterocycles. The molecule has 3 rings (SSSR count). The van der Waals surface area contributed by atoms with E-state index in [4.69, 9.17) is 20.8 Å². The quantitative estimate of drug-likeness (QED) is 0.644. The minimum absolute atomic E-state index is 0.310. The van der Waals surface area contributed by atoms with Gasteiger partial charge in [0.05, 0.1) is 22.8 Å². The van der Waals surface area contributed by atoms with Crippen molar-refractivity contribution in [3.05, 3.63) is 59.1 Å². The predicted octanol–water partition coefficient (Wildman–Crippen LogP) is 4.93. The second-order valence-corrected chi connectivity index (χ2v) is 4.94. The number of furan rings is 1. The molecule has 0 saturated heterocycles. The van der Waals surface area contributed by atoms with Gasteiger partial charge in [-0.05, 0) is 31.2 Å². The first-order chi connectivity index (χ1) is 10.2. The molecule has 0 spiro atoms. The Morgan fingerprint density at radius 2 is 2.00 bits per heavy atom. The van der Waals surface area contributed by atoms with Crippen LogP contribution in [0.15, 0.2) is 52.9 Å². The van der Waals surface area contributed by atoms with Gasteiger partial charge in [-0.2, -0.15) is 0 Å². The third-order valence-electron chi connectivity index (χ3n) is 3.18. The van der Waals surface area contributed by atoms with Crippen molar-refractivity contribution in [2.75, 3.05) is 6.61 Å². The lowest BCUT2D eigenvalue weighted by molar-refractivity contribution is 0.0527. The van der Waals surface area contributed by atoms with E-state index in [1.54, 1.807) is 25.1 Å². The number of rotatable bonds is 3. The van der Waals surface area contributed by atoms with Gasteiger partial charge in [0.2, 0.25) is 0 Å². The minimum atomic E-state index is -0.407. The Labute approximate surface area is 127 Å². The SMILES string of the molecule is CCOC(=O)c1cccc(Cl)c1-c1cc2ccccc2o1. The van der Waals surface area contributed by atoms with Crippen molar-refractivity contribution < 1.29 is 13.9 Å². The summed E-state index contributed by atoms with van der Waals surface area (Å²) >= 11 is 6.27. The fraction of sp³-hybridized carbons (Fsp3) is 0.118. The standard InChI is InChI=1S/C17H13ClO3/c1-2-20-17(19)12-7-5-8-13(18)16(12)15-10-11-6-3-4-9-14(11)21-15/h3-10H,2H2,1H3. The highest BCUT2D eigenvalue weighted by Gasteiger charge is 2.19. The summed E-state index contributed by atoms with van der Waals surface area (Å²) in [6.07, 6.45) is 0. The fourth-order valence-electron chi connectivity index (χ4n) is 2.26. The number of carbonyl (C=O) groups excluding carboxylic acids is 1. The van der Waals surface area contributed by atoms with Crippen molar-refractivity contribution in [3.63, 3.8) is 0 Å². The number of hydrogen-bond donors (Lipinski definition) is 0. The zero-order chi connectivity index (χ0) is 14.8. The van der Waals surface area contributed by atoms with E-state index >= 15 is 0 Å². The largest absolute Gasteiger partial charge is 0.462 e. The first-order valence-electron chi connectivity index (χ1n) is 6.65. The second kappa shape index (κ2) is 5.62. The van der Waals surface area contributed by atoms with Crippen LogP contribution >= 0.6 is 11.6 Å². The molecule has 0 fully saturated rings. The third kappa shape index (κ3) is 2.52. The van der Waals surface area contributed by atoms with E-state index in [-0.39, 0.29) is 0 Å². The van der Waals surface area contributed by atoms with Crippen LogP contribution in [-0.2, 0) is 4.74 Å². The number of hydrogen-bond acceptors (Lipinski definition) is 3. The number of para-hydroxylation sites is 1. The zero-order valence-electron chi connectivity index (χ0n) is 11.4. The summed E-state index contributed by atoms with van der Waals surface area (Å²) in [6, 6.07) is 14.7. The molecule has 0 unspecified atom stereocenters. The van der Waals surface area contributed by atoms with E-state index in [2.05, 4.69) is 0 Å². The van der Waals surface area contributed by atoms with Crippen LogP contribution < -0.4 is 0 Å². The Bertz CT molecular complexity index is 772. The molecular weight excluding hydrogens is 288 g/mol. The minimum Gasteiger partial charge on any atom is -0.462 e. The molecule has 0 aliphatic rings. The number of benzene rings is 2. The maximum absolute atomic E-state index is 12.1. The molecule has 3 nitrogen and oxygen atoms in total. The van der Waals surface area contributed by atoms with E-state index in [9.17, 15) is 4.79 Å². The monoisotopic (exact) mass is 300 g/mol. The van der Waals surface area contributed by atoms with Gasteiger partial charge in [0, 0.05) is 5.39 Å². The third-order valence-corrected chi connectivity index (χ3v) is 3.50. The Morgan fingerprint density at radius 1 is 1.19 bits per heavy atom. The molecule has 0 amide bonds. The molecule has 3 aromatic rings. The number of carbonyl (C=O) groups is 1. The van der Waals surface area contributed by atoms with Crippen molar-refractivity contribution in [2.45, 2.75) is 6.92 Å². The first kappa shape index (κ1) is 13.7. The summed E-state index contributed by atoms with van der Waals surface area (Å²) in [4.78, 5) is 12.1. The molecule has 0 atom stereocenters. The zero-order valence-corrected chi connectivity index (χ0v) is 12.2. The maximum atomic E-state index is 12.1. The van der Waals surface area contributed by atoms with Crippen molar-refractivity contribution in [2.24, 2.45) is 0 Å². The van der Waals surface area contributed by atoms with Gasteiger partial charge in [0.25, 0.3) is 0 Å². The van der Waals surface area contributed by atoms with Crippen LogP contribution in [0.3, 0.4) is 0 Å². The molecule has 106 valence electrons. The van der Waals surface area contributed by atoms with Crippen LogP contribution in [0.5, 0.6) is 0 Å². The van der Waals surface area contributed by atoms with Crippen LogP contribution in [0.1, 0.15) is 17.3 Å². The van der Waals surface area contributed by atoms with Crippen molar-refractivity contribution in [1.82, 2.24) is 0 Å². The average molecular weight is 301 g/mol. The molecule has 2 aromatic carbocycles. The summed E-state index contributed by atoms with van der Waals surface area (Å²) in [6.45, 7) is 2.08. The van der Waals surface area contributed by atoms with Crippen LogP contribution in [0, 0.1) is 0 Å². The summed E-state index contributed by atoms with van der Waals surface area (Å²) in [5.74, 6) is 0.153. The lowest BCUT2D eigenvalue weighted by Crippen LogP contribution is -2.06. The number of ether oxygens (including phenoxy) is 1. The molecule has 0 radical (unpaired) electrons. The van der Waals surface area contributed by atoms with Crippen LogP contribution in [-0.4, -0.2) is 12.6 Å². The smallest absolute Gasteiger partial charge is 0.338 e. The summed E-state index contributed by atoms with van der Waals surface area (Å²) in [7, 11) is 0. The molecule has 0 N–H and O–H groups in total. The molecule has 0 saturated carbocycles. The van der Waals surface area contributed by atoms with Crippen LogP contribution in [0.25, 0.3) is 22.3 Å². The normalized spacial score (nSPS) is 10.8. The lowest BCUT2D eigenvalue weighted by Gasteiger charge is -2.08. The van der Waals surface area contributed by atoms with E-state index in [1.807, 2.05) is 30.3 Å². The molecule has 0 aliphatic carbocycles. The molecule has 1 heterocycles. The molecule has 0 bridgehead atoms. The Balaban J connectivity index is 2.18. The highest BCUT2D eigenvalue weighted by atomic mass is 35.5. The lowest BCUT2D eigenvalue weighted by atomic mass is 10.0. The average Bonchev–Trinajstić information content (AvgIpc) is 2.90. The summed E-state index contributed by atoms with van der Waals surface area (Å²) in [5, 5.41) is 1.42. The van der Waals surface area contributed by atoms with E-state index in [0.717, 1.165) is 11.0 Å². The van der Waals surface area contributed by atoms with Crippen LogP contribution in [0.2, 0.25) is 5.02 Å². The Morgan fingerprint density at radius 3 is 2.76 bits per heavy atom. The molecular formula is C17H13ClO3. The van der Waals surface area contributed by atoms with Gasteiger partial charge in [-0.25, -0.2) is 4.79 Å². The van der Waals surface area contributed by atoms with Crippen molar-refractivity contribution in [1.29, 1.82) is 0 Å². The summed E-state index contributed by atoms with van der Waals surface area (Å²) < 4.78 is 10.9. The van der Waals surface area contributed by atoms with Gasteiger partial charge in [0.1, 0.15) is 11.3 Å². The van der Waals surface area contributed by atoms with E-state index < -0.39 is 5.97 Å². The first-order valence-corrected chi connectivity index (χ1v) is 7.03. The fourth-order valence-corrected chi connectivity index (χ4v) is 2.53. The van der Waals surface area contributed by atoms with Gasteiger partial charge in [-0.15, -0.1) is 0 Å². The van der Waals surface area contributed by atoms with E-state index in [0.29, 0.717) is 28.5 Å². The van der Waals surface area contributed by atoms with Gasteiger partial charge < -0.3 is 9.15 Å². The predicted molar refractivity (Wildman–Crippen MR) is 82.6 cm³/mol. The summed E-state index contributed by atoms with van der Waals surface area (Å²) in [5.41, 5.74) is 1.72. The Kier molecular flexibility index (Phi) is 3.67. The highest BCUT2D eigenvalue weighted by Crippen LogP contribution is 2.35. The number of halogens is 1. The van der Waals surface area contributed by atoms with E-state index in [1.165, 1.54) is 0 Å². The van der Waals surface area contributed by atoms with Gasteiger partial charge in [-0.3, -0.25) is 0 Å². The van der Waals surface area contributed by atoms with Gasteiger partial charge >= 0.3 is 5.97 Å². The maximum Gasteiger partial charge on any atom is 0.338 e. The molecule has 4 heteroatoms. The highest BCUT2D eigenvalue weighted by molar-refractivity contribution is 6.34. The van der Waals surface area contributed by atoms with Gasteiger partial charge in [0.15, 0.2) is 0 Å². The van der Waals surface area contributed by atoms with Crippen molar-refractivity contribution >= 4 is 28.5 Å². The van der Waals surface area contributed by atoms with Gasteiger partial charge in [-0.1, -0.05) is 35.9 Å². The Hall–Kier alpha value is -2.26. The number of fused-ring (bicyclic) bond motifs is 1.